The Labute approximate surface area is 128 Å². The Hall–Kier alpha value is -2.27. The lowest BCUT2D eigenvalue weighted by Crippen LogP contribution is -2.21. The quantitative estimate of drug-likeness (QED) is 0.803. The molecule has 0 fully saturated rings. The van der Waals surface area contributed by atoms with E-state index in [4.69, 9.17) is 0 Å². The molecule has 2 aromatic rings. The Kier molecular flexibility index (Phi) is 5.61. The van der Waals surface area contributed by atoms with Crippen LogP contribution in [0.3, 0.4) is 0 Å². The number of halogens is 2. The zero-order valence-electron chi connectivity index (χ0n) is 12.3. The van der Waals surface area contributed by atoms with Gasteiger partial charge in [0, 0.05) is 25.6 Å². The van der Waals surface area contributed by atoms with Gasteiger partial charge in [-0.25, -0.2) is 8.78 Å². The number of hydrogen-bond acceptors (Lipinski definition) is 2. The van der Waals surface area contributed by atoms with E-state index in [0.29, 0.717) is 13.1 Å². The van der Waals surface area contributed by atoms with Gasteiger partial charge in [-0.05, 0) is 24.6 Å². The highest BCUT2D eigenvalue weighted by molar-refractivity contribution is 5.90. The van der Waals surface area contributed by atoms with Gasteiger partial charge in [-0.1, -0.05) is 29.8 Å². The Morgan fingerprint density at radius 3 is 2.68 bits per heavy atom. The fraction of sp³-hybridized carbons (Fsp3) is 0.235. The molecule has 116 valence electrons. The van der Waals surface area contributed by atoms with Crippen LogP contribution in [-0.4, -0.2) is 12.5 Å². The molecule has 2 rings (SSSR count). The maximum absolute atomic E-state index is 13.4. The molecule has 0 heterocycles. The van der Waals surface area contributed by atoms with Gasteiger partial charge < -0.3 is 10.6 Å². The van der Waals surface area contributed by atoms with Gasteiger partial charge in [-0.2, -0.15) is 0 Å². The Morgan fingerprint density at radius 2 is 1.95 bits per heavy atom. The van der Waals surface area contributed by atoms with Crippen LogP contribution in [0, 0.1) is 18.6 Å². The topological polar surface area (TPSA) is 41.1 Å². The van der Waals surface area contributed by atoms with Gasteiger partial charge in [-0.15, -0.1) is 0 Å². The number of nitrogens with one attached hydrogen (secondary N) is 2. The fourth-order valence-electron chi connectivity index (χ4n) is 2.06. The summed E-state index contributed by atoms with van der Waals surface area (Å²) in [6.45, 7) is 3.16. The molecule has 0 aromatic heterocycles. The average Bonchev–Trinajstić information content (AvgIpc) is 2.47. The number of rotatable bonds is 6. The third-order valence-electron chi connectivity index (χ3n) is 3.15. The molecule has 0 atom stereocenters. The summed E-state index contributed by atoms with van der Waals surface area (Å²) in [5.74, 6) is -1.77. The molecule has 5 heteroatoms. The average molecular weight is 304 g/mol. The Bertz CT molecular complexity index is 659. The highest BCUT2D eigenvalue weighted by Gasteiger charge is 2.07. The summed E-state index contributed by atoms with van der Waals surface area (Å²) in [6.07, 6.45) is 0.211. The van der Waals surface area contributed by atoms with Crippen LogP contribution in [0.1, 0.15) is 17.5 Å². The highest BCUT2D eigenvalue weighted by Crippen LogP contribution is 2.14. The van der Waals surface area contributed by atoms with Crippen LogP contribution in [0.2, 0.25) is 0 Å². The first-order chi connectivity index (χ1) is 10.5. The molecule has 2 N–H and O–H groups in total. The van der Waals surface area contributed by atoms with Crippen molar-refractivity contribution in [2.45, 2.75) is 19.9 Å². The van der Waals surface area contributed by atoms with E-state index in [1.54, 1.807) is 0 Å². The first kappa shape index (κ1) is 16.1. The summed E-state index contributed by atoms with van der Waals surface area (Å²) >= 11 is 0. The van der Waals surface area contributed by atoms with E-state index in [2.05, 4.69) is 16.7 Å². The second-order valence-electron chi connectivity index (χ2n) is 5.09. The molecule has 1 amide bonds. The Balaban J connectivity index is 1.74. The minimum absolute atomic E-state index is 0.00918. The van der Waals surface area contributed by atoms with E-state index in [-0.39, 0.29) is 18.0 Å². The molecule has 0 aliphatic rings. The van der Waals surface area contributed by atoms with Crippen LogP contribution < -0.4 is 10.6 Å². The van der Waals surface area contributed by atoms with Crippen molar-refractivity contribution in [3.63, 3.8) is 0 Å². The van der Waals surface area contributed by atoms with E-state index >= 15 is 0 Å². The largest absolute Gasteiger partial charge is 0.324 e. The first-order valence-corrected chi connectivity index (χ1v) is 7.06. The van der Waals surface area contributed by atoms with Gasteiger partial charge in [0.2, 0.25) is 5.91 Å². The Morgan fingerprint density at radius 1 is 1.14 bits per heavy atom. The normalized spacial score (nSPS) is 10.5. The van der Waals surface area contributed by atoms with Gasteiger partial charge >= 0.3 is 0 Å². The smallest absolute Gasteiger partial charge is 0.225 e. The maximum Gasteiger partial charge on any atom is 0.225 e. The van der Waals surface area contributed by atoms with Crippen molar-refractivity contribution in [3.05, 3.63) is 65.2 Å². The second-order valence-corrected chi connectivity index (χ2v) is 5.09. The summed E-state index contributed by atoms with van der Waals surface area (Å²) < 4.78 is 26.1. The molecular formula is C17H18F2N2O. The highest BCUT2D eigenvalue weighted by atomic mass is 19.1. The molecule has 0 saturated heterocycles. The molecule has 0 bridgehead atoms. The molecule has 0 radical (unpaired) electrons. The van der Waals surface area contributed by atoms with E-state index in [1.165, 1.54) is 11.6 Å². The number of carbonyl (C=O) groups excluding carboxylic acids is 1. The number of anilines is 1. The minimum atomic E-state index is -0.777. The SMILES string of the molecule is Cc1cccc(CNCCC(=O)Nc2ccc(F)cc2F)c1. The van der Waals surface area contributed by atoms with Crippen molar-refractivity contribution >= 4 is 11.6 Å². The van der Waals surface area contributed by atoms with Gasteiger partial charge in [-0.3, -0.25) is 4.79 Å². The van der Waals surface area contributed by atoms with Gasteiger partial charge in [0.25, 0.3) is 0 Å². The van der Waals surface area contributed by atoms with Gasteiger partial charge in [0.1, 0.15) is 11.6 Å². The summed E-state index contributed by atoms with van der Waals surface area (Å²) in [4.78, 5) is 11.7. The molecule has 22 heavy (non-hydrogen) atoms. The maximum atomic E-state index is 13.4. The molecule has 0 unspecified atom stereocenters. The number of hydrogen-bond donors (Lipinski definition) is 2. The lowest BCUT2D eigenvalue weighted by molar-refractivity contribution is -0.116. The van der Waals surface area contributed by atoms with Gasteiger partial charge in [0.05, 0.1) is 5.69 Å². The summed E-state index contributed by atoms with van der Waals surface area (Å²) in [5, 5.41) is 5.58. The second kappa shape index (κ2) is 7.66. The molecule has 0 saturated carbocycles. The number of aryl methyl sites for hydroxylation is 1. The number of carbonyl (C=O) groups is 1. The van der Waals surface area contributed by atoms with Crippen LogP contribution in [-0.2, 0) is 11.3 Å². The van der Waals surface area contributed by atoms with Crippen LogP contribution in [0.25, 0.3) is 0 Å². The minimum Gasteiger partial charge on any atom is -0.324 e. The van der Waals surface area contributed by atoms with Crippen molar-refractivity contribution in [3.8, 4) is 0 Å². The van der Waals surface area contributed by atoms with Crippen molar-refractivity contribution < 1.29 is 13.6 Å². The van der Waals surface area contributed by atoms with Crippen molar-refractivity contribution in [1.82, 2.24) is 5.32 Å². The number of benzene rings is 2. The van der Waals surface area contributed by atoms with Gasteiger partial charge in [0.15, 0.2) is 0 Å². The van der Waals surface area contributed by atoms with E-state index in [1.807, 2.05) is 25.1 Å². The van der Waals surface area contributed by atoms with Crippen molar-refractivity contribution in [2.75, 3.05) is 11.9 Å². The third-order valence-corrected chi connectivity index (χ3v) is 3.15. The molecule has 3 nitrogen and oxygen atoms in total. The fourth-order valence-corrected chi connectivity index (χ4v) is 2.06. The van der Waals surface area contributed by atoms with Crippen LogP contribution in [0.4, 0.5) is 14.5 Å². The molecule has 0 aliphatic carbocycles. The summed E-state index contributed by atoms with van der Waals surface area (Å²) in [5.41, 5.74) is 2.32. The lowest BCUT2D eigenvalue weighted by Gasteiger charge is -2.08. The predicted octanol–water partition coefficient (Wildman–Crippen LogP) is 3.39. The molecular weight excluding hydrogens is 286 g/mol. The zero-order valence-corrected chi connectivity index (χ0v) is 12.3. The van der Waals surface area contributed by atoms with E-state index in [0.717, 1.165) is 17.7 Å². The molecule has 2 aromatic carbocycles. The first-order valence-electron chi connectivity index (χ1n) is 7.06. The van der Waals surface area contributed by atoms with Crippen molar-refractivity contribution in [2.24, 2.45) is 0 Å². The predicted molar refractivity (Wildman–Crippen MR) is 82.5 cm³/mol. The van der Waals surface area contributed by atoms with Crippen molar-refractivity contribution in [1.29, 1.82) is 0 Å². The summed E-state index contributed by atoms with van der Waals surface area (Å²) in [6, 6.07) is 11.1. The summed E-state index contributed by atoms with van der Waals surface area (Å²) in [7, 11) is 0. The van der Waals surface area contributed by atoms with E-state index < -0.39 is 11.6 Å². The van der Waals surface area contributed by atoms with Crippen LogP contribution in [0.15, 0.2) is 42.5 Å². The molecule has 0 spiro atoms. The van der Waals surface area contributed by atoms with Crippen LogP contribution in [0.5, 0.6) is 0 Å². The number of amides is 1. The standard InChI is InChI=1S/C17H18F2N2O/c1-12-3-2-4-13(9-12)11-20-8-7-17(22)21-16-6-5-14(18)10-15(16)19/h2-6,9-10,20H,7-8,11H2,1H3,(H,21,22). The zero-order chi connectivity index (χ0) is 15.9. The molecule has 0 aliphatic heterocycles. The lowest BCUT2D eigenvalue weighted by atomic mass is 10.1. The van der Waals surface area contributed by atoms with Crippen LogP contribution >= 0.6 is 0 Å². The third kappa shape index (κ3) is 4.93. The van der Waals surface area contributed by atoms with E-state index in [9.17, 15) is 13.6 Å². The monoisotopic (exact) mass is 304 g/mol.